The summed E-state index contributed by atoms with van der Waals surface area (Å²) in [7, 11) is 0. The predicted molar refractivity (Wildman–Crippen MR) is 25.9 cm³/mol. The van der Waals surface area contributed by atoms with E-state index in [1.165, 1.54) is 0 Å². The molecule has 0 saturated carbocycles. The molecule has 0 amide bonds. The summed E-state index contributed by atoms with van der Waals surface area (Å²) in [6.45, 7) is 0. The third-order valence-electron chi connectivity index (χ3n) is 0.635. The fourth-order valence-electron chi connectivity index (χ4n) is 0.370. The van der Waals surface area contributed by atoms with Crippen molar-refractivity contribution in [1.82, 2.24) is 9.97 Å². The van der Waals surface area contributed by atoms with Gasteiger partial charge in [0.25, 0.3) is 0 Å². The molecule has 5 nitrogen and oxygen atoms in total. The molecule has 0 fully saturated rings. The summed E-state index contributed by atoms with van der Waals surface area (Å²) in [5.41, 5.74) is 0. The first-order chi connectivity index (χ1) is 4.18. The summed E-state index contributed by atoms with van der Waals surface area (Å²) >= 11 is 0. The number of nitrogens with zero attached hydrogens (tertiary/aromatic N) is 2. The molecule has 1 heterocycles. The van der Waals surface area contributed by atoms with E-state index in [1.54, 1.807) is 0 Å². The number of hydrogen-bond acceptors (Lipinski definition) is 5. The van der Waals surface area contributed by atoms with Crippen LogP contribution in [-0.2, 0) is 0 Å². The van der Waals surface area contributed by atoms with E-state index in [0.29, 0.717) is 0 Å². The van der Waals surface area contributed by atoms with E-state index in [9.17, 15) is 0 Å². The molecule has 0 saturated heterocycles. The molecule has 0 aliphatic heterocycles. The Morgan fingerprint density at radius 2 is 1.44 bits per heavy atom. The average Bonchev–Trinajstić information content (AvgIpc) is 1.59. The summed E-state index contributed by atoms with van der Waals surface area (Å²) in [4.78, 5) is 6.04. The van der Waals surface area contributed by atoms with E-state index in [0.717, 1.165) is 0 Å². The van der Waals surface area contributed by atoms with Crippen molar-refractivity contribution < 1.29 is 15.3 Å². The minimum atomic E-state index is -0.677. The molecule has 0 bridgehead atoms. The Bertz CT molecular complexity index is 175. The van der Waals surface area contributed by atoms with Gasteiger partial charge in [0.05, 0.1) is 0 Å². The van der Waals surface area contributed by atoms with Crippen molar-refractivity contribution >= 4 is 0 Å². The van der Waals surface area contributed by atoms with Crippen LogP contribution >= 0.6 is 0 Å². The SMILES string of the molecule is Oc1[c]c(O)nc(O)n1. The maximum Gasteiger partial charge on any atom is 0.320 e. The lowest BCUT2D eigenvalue weighted by atomic mass is 10.6. The van der Waals surface area contributed by atoms with Crippen LogP contribution in [0.4, 0.5) is 0 Å². The van der Waals surface area contributed by atoms with E-state index in [-0.39, 0.29) is 0 Å². The van der Waals surface area contributed by atoms with Gasteiger partial charge in [-0.2, -0.15) is 9.97 Å². The highest BCUT2D eigenvalue weighted by Crippen LogP contribution is 2.13. The first-order valence-corrected chi connectivity index (χ1v) is 2.07. The van der Waals surface area contributed by atoms with E-state index < -0.39 is 17.8 Å². The minimum Gasteiger partial charge on any atom is -0.493 e. The molecule has 3 N–H and O–H groups in total. The van der Waals surface area contributed by atoms with Gasteiger partial charge in [-0.1, -0.05) is 0 Å². The molecule has 1 aromatic rings. The Kier molecular flexibility index (Phi) is 1.11. The van der Waals surface area contributed by atoms with Gasteiger partial charge in [0.15, 0.2) is 0 Å². The van der Waals surface area contributed by atoms with Gasteiger partial charge < -0.3 is 15.3 Å². The third-order valence-corrected chi connectivity index (χ3v) is 0.635. The second kappa shape index (κ2) is 1.77. The Balaban J connectivity index is 3.17. The van der Waals surface area contributed by atoms with Crippen LogP contribution in [0.1, 0.15) is 0 Å². The van der Waals surface area contributed by atoms with E-state index in [2.05, 4.69) is 9.97 Å². The molecule has 0 unspecified atom stereocenters. The van der Waals surface area contributed by atoms with Crippen molar-refractivity contribution in [3.63, 3.8) is 0 Å². The zero-order valence-corrected chi connectivity index (χ0v) is 4.24. The number of aromatic hydroxyl groups is 3. The van der Waals surface area contributed by atoms with Crippen LogP contribution in [0.3, 0.4) is 0 Å². The van der Waals surface area contributed by atoms with E-state index >= 15 is 0 Å². The maximum absolute atomic E-state index is 8.47. The summed E-state index contributed by atoms with van der Waals surface area (Å²) < 4.78 is 0. The molecule has 0 aromatic carbocycles. The van der Waals surface area contributed by atoms with Crippen molar-refractivity contribution in [3.05, 3.63) is 6.07 Å². The van der Waals surface area contributed by atoms with Gasteiger partial charge in [0.2, 0.25) is 11.8 Å². The first kappa shape index (κ1) is 5.61. The van der Waals surface area contributed by atoms with Gasteiger partial charge in [0, 0.05) is 0 Å². The third kappa shape index (κ3) is 1.18. The zero-order chi connectivity index (χ0) is 6.85. The predicted octanol–water partition coefficient (Wildman–Crippen LogP) is -0.606. The minimum absolute atomic E-state index is 0.583. The Hall–Kier alpha value is -1.52. The molecule has 9 heavy (non-hydrogen) atoms. The van der Waals surface area contributed by atoms with Crippen molar-refractivity contribution in [2.75, 3.05) is 0 Å². The summed E-state index contributed by atoms with van der Waals surface area (Å²) in [6, 6.07) is 1.26. The zero-order valence-electron chi connectivity index (χ0n) is 4.24. The summed E-state index contributed by atoms with van der Waals surface area (Å²) in [5, 5.41) is 25.4. The van der Waals surface area contributed by atoms with Crippen LogP contribution in [0.15, 0.2) is 0 Å². The van der Waals surface area contributed by atoms with Gasteiger partial charge in [-0.15, -0.1) is 0 Å². The Morgan fingerprint density at radius 3 is 1.78 bits per heavy atom. The van der Waals surface area contributed by atoms with Crippen LogP contribution in [0.5, 0.6) is 17.8 Å². The van der Waals surface area contributed by atoms with Crippen molar-refractivity contribution in [2.45, 2.75) is 0 Å². The standard InChI is InChI=1S/C4H3N2O3/c7-2-1-3(8)6-4(9)5-2/h(H3,5,6,7,8,9). The lowest BCUT2D eigenvalue weighted by Crippen LogP contribution is -1.80. The summed E-state index contributed by atoms with van der Waals surface area (Å²) in [6.07, 6.45) is 0. The van der Waals surface area contributed by atoms with Gasteiger partial charge in [-0.3, -0.25) is 0 Å². The van der Waals surface area contributed by atoms with Crippen LogP contribution < -0.4 is 0 Å². The van der Waals surface area contributed by atoms with Crippen LogP contribution in [0.25, 0.3) is 0 Å². The highest BCUT2D eigenvalue weighted by atomic mass is 16.3. The largest absolute Gasteiger partial charge is 0.493 e. The van der Waals surface area contributed by atoms with E-state index in [1.807, 2.05) is 6.07 Å². The van der Waals surface area contributed by atoms with Crippen LogP contribution in [-0.4, -0.2) is 25.3 Å². The molecular formula is C4H3N2O3. The maximum atomic E-state index is 8.47. The van der Waals surface area contributed by atoms with E-state index in [4.69, 9.17) is 15.3 Å². The quantitative estimate of drug-likeness (QED) is 0.433. The highest BCUT2D eigenvalue weighted by molar-refractivity contribution is 5.17. The van der Waals surface area contributed by atoms with Crippen molar-refractivity contribution in [3.8, 4) is 17.8 Å². The molecule has 0 atom stereocenters. The van der Waals surface area contributed by atoms with Crippen molar-refractivity contribution in [2.24, 2.45) is 0 Å². The average molecular weight is 127 g/mol. The fourth-order valence-corrected chi connectivity index (χ4v) is 0.370. The Morgan fingerprint density at radius 1 is 1.00 bits per heavy atom. The van der Waals surface area contributed by atoms with Crippen LogP contribution in [0, 0.1) is 6.07 Å². The molecule has 0 aliphatic rings. The molecule has 1 aromatic heterocycles. The Labute approximate surface area is 50.3 Å². The van der Waals surface area contributed by atoms with Gasteiger partial charge in [-0.25, -0.2) is 0 Å². The fraction of sp³-hybridized carbons (Fsp3) is 0. The molecule has 0 spiro atoms. The summed E-state index contributed by atoms with van der Waals surface area (Å²) in [5.74, 6) is -1.17. The molecule has 0 aliphatic carbocycles. The van der Waals surface area contributed by atoms with Gasteiger partial charge in [-0.05, 0) is 0 Å². The van der Waals surface area contributed by atoms with Gasteiger partial charge in [0.1, 0.15) is 6.07 Å². The number of hydrogen-bond donors (Lipinski definition) is 3. The second-order valence-corrected chi connectivity index (χ2v) is 1.30. The van der Waals surface area contributed by atoms with Crippen molar-refractivity contribution in [1.29, 1.82) is 0 Å². The normalized spacial score (nSPS) is 9.33. The lowest BCUT2D eigenvalue weighted by molar-refractivity contribution is 0.370. The topological polar surface area (TPSA) is 86.5 Å². The second-order valence-electron chi connectivity index (χ2n) is 1.30. The number of rotatable bonds is 0. The first-order valence-electron chi connectivity index (χ1n) is 2.07. The molecule has 1 rings (SSSR count). The molecule has 47 valence electrons. The smallest absolute Gasteiger partial charge is 0.320 e. The monoisotopic (exact) mass is 127 g/mol. The molecule has 5 heteroatoms. The molecular weight excluding hydrogens is 124 g/mol. The number of aromatic nitrogens is 2. The van der Waals surface area contributed by atoms with Crippen LogP contribution in [0.2, 0.25) is 0 Å². The lowest BCUT2D eigenvalue weighted by Gasteiger charge is -1.90. The highest BCUT2D eigenvalue weighted by Gasteiger charge is 1.98. The molecule has 1 radical (unpaired) electrons. The van der Waals surface area contributed by atoms with Gasteiger partial charge >= 0.3 is 6.01 Å².